The summed E-state index contributed by atoms with van der Waals surface area (Å²) in [5, 5.41) is 0. The van der Waals surface area contributed by atoms with Crippen LogP contribution in [0, 0.1) is 0 Å². The van der Waals surface area contributed by atoms with Crippen molar-refractivity contribution in [2.24, 2.45) is 5.73 Å². The summed E-state index contributed by atoms with van der Waals surface area (Å²) < 4.78 is 5.65. The summed E-state index contributed by atoms with van der Waals surface area (Å²) in [6.45, 7) is 11.9. The van der Waals surface area contributed by atoms with Crippen molar-refractivity contribution in [3.63, 3.8) is 0 Å². The zero-order valence-electron chi connectivity index (χ0n) is 13.8. The standard InChI is InChI=1S/C17H30N2OS/c1-5-19(6-2)11-12-21-13-17(18)15-7-9-16(10-8-15)20-14(3)4/h7-10,14,17H,5-6,11-13,18H2,1-4H3. The van der Waals surface area contributed by atoms with Crippen molar-refractivity contribution >= 4 is 11.8 Å². The Bertz CT molecular complexity index is 377. The molecular formula is C17H30N2OS. The van der Waals surface area contributed by atoms with Gasteiger partial charge in [0, 0.05) is 24.1 Å². The van der Waals surface area contributed by atoms with Gasteiger partial charge in [-0.25, -0.2) is 0 Å². The minimum Gasteiger partial charge on any atom is -0.491 e. The molecule has 0 aliphatic heterocycles. The maximum atomic E-state index is 6.25. The Hall–Kier alpha value is -0.710. The Morgan fingerprint density at radius 3 is 2.29 bits per heavy atom. The first-order valence-corrected chi connectivity index (χ1v) is 9.04. The fourth-order valence-corrected chi connectivity index (χ4v) is 3.11. The summed E-state index contributed by atoms with van der Waals surface area (Å²) in [5.41, 5.74) is 7.43. The highest BCUT2D eigenvalue weighted by Crippen LogP contribution is 2.20. The largest absolute Gasteiger partial charge is 0.491 e. The minimum absolute atomic E-state index is 0.0970. The number of benzene rings is 1. The predicted octanol–water partition coefficient (Wildman–Crippen LogP) is 3.55. The molecule has 3 nitrogen and oxygen atoms in total. The highest BCUT2D eigenvalue weighted by atomic mass is 32.2. The van der Waals surface area contributed by atoms with E-state index in [0.29, 0.717) is 0 Å². The molecular weight excluding hydrogens is 280 g/mol. The lowest BCUT2D eigenvalue weighted by Gasteiger charge is -2.18. The summed E-state index contributed by atoms with van der Waals surface area (Å²) in [7, 11) is 0. The van der Waals surface area contributed by atoms with E-state index < -0.39 is 0 Å². The van der Waals surface area contributed by atoms with Crippen molar-refractivity contribution in [1.82, 2.24) is 4.90 Å². The Morgan fingerprint density at radius 2 is 1.76 bits per heavy atom. The molecule has 0 fully saturated rings. The van der Waals surface area contributed by atoms with Crippen LogP contribution in [0.4, 0.5) is 0 Å². The summed E-state index contributed by atoms with van der Waals surface area (Å²) in [5.74, 6) is 3.02. The molecule has 0 aliphatic carbocycles. The Kier molecular flexibility index (Phi) is 8.81. The van der Waals surface area contributed by atoms with Crippen LogP contribution in [-0.2, 0) is 0 Å². The molecule has 2 N–H and O–H groups in total. The van der Waals surface area contributed by atoms with Crippen LogP contribution in [0.15, 0.2) is 24.3 Å². The first-order chi connectivity index (χ1) is 10.1. The summed E-state index contributed by atoms with van der Waals surface area (Å²) in [4.78, 5) is 2.44. The molecule has 0 aromatic heterocycles. The van der Waals surface area contributed by atoms with Gasteiger partial charge >= 0.3 is 0 Å². The third-order valence-corrected chi connectivity index (χ3v) is 4.49. The molecule has 0 bridgehead atoms. The number of rotatable bonds is 10. The lowest BCUT2D eigenvalue weighted by molar-refractivity contribution is 0.242. The molecule has 0 saturated heterocycles. The van der Waals surface area contributed by atoms with Gasteiger partial charge in [0.25, 0.3) is 0 Å². The molecule has 1 atom stereocenters. The van der Waals surface area contributed by atoms with E-state index in [4.69, 9.17) is 10.5 Å². The maximum Gasteiger partial charge on any atom is 0.119 e. The topological polar surface area (TPSA) is 38.5 Å². The van der Waals surface area contributed by atoms with E-state index in [9.17, 15) is 0 Å². The summed E-state index contributed by atoms with van der Waals surface area (Å²) in [6, 6.07) is 8.27. The number of nitrogens with zero attached hydrogens (tertiary/aromatic N) is 1. The monoisotopic (exact) mass is 310 g/mol. The van der Waals surface area contributed by atoms with E-state index in [1.165, 1.54) is 5.56 Å². The lowest BCUT2D eigenvalue weighted by Crippen LogP contribution is -2.25. The van der Waals surface area contributed by atoms with Gasteiger partial charge < -0.3 is 15.4 Å². The molecule has 0 saturated carbocycles. The van der Waals surface area contributed by atoms with Crippen LogP contribution in [-0.4, -0.2) is 42.1 Å². The minimum atomic E-state index is 0.0970. The molecule has 1 unspecified atom stereocenters. The van der Waals surface area contributed by atoms with Crippen molar-refractivity contribution in [2.75, 3.05) is 31.1 Å². The average molecular weight is 311 g/mol. The SMILES string of the molecule is CCN(CC)CCSCC(N)c1ccc(OC(C)C)cc1. The Morgan fingerprint density at radius 1 is 1.14 bits per heavy atom. The van der Waals surface area contributed by atoms with Gasteiger partial charge in [-0.3, -0.25) is 0 Å². The zero-order chi connectivity index (χ0) is 15.7. The number of ether oxygens (including phenoxy) is 1. The van der Waals surface area contributed by atoms with E-state index in [1.807, 2.05) is 37.7 Å². The number of thioether (sulfide) groups is 1. The van der Waals surface area contributed by atoms with Crippen LogP contribution < -0.4 is 10.5 Å². The molecule has 0 radical (unpaired) electrons. The van der Waals surface area contributed by atoms with Crippen LogP contribution in [0.25, 0.3) is 0 Å². The summed E-state index contributed by atoms with van der Waals surface area (Å²) >= 11 is 1.93. The molecule has 1 aromatic rings. The van der Waals surface area contributed by atoms with Gasteiger partial charge in [-0.2, -0.15) is 11.8 Å². The fraction of sp³-hybridized carbons (Fsp3) is 0.647. The zero-order valence-corrected chi connectivity index (χ0v) is 14.7. The first kappa shape index (κ1) is 18.3. The highest BCUT2D eigenvalue weighted by Gasteiger charge is 2.07. The maximum absolute atomic E-state index is 6.25. The molecule has 1 rings (SSSR count). The predicted molar refractivity (Wildman–Crippen MR) is 94.2 cm³/mol. The molecule has 120 valence electrons. The average Bonchev–Trinajstić information content (AvgIpc) is 2.47. The molecule has 0 spiro atoms. The van der Waals surface area contributed by atoms with Gasteiger partial charge in [0.2, 0.25) is 0 Å². The van der Waals surface area contributed by atoms with Crippen molar-refractivity contribution in [3.8, 4) is 5.75 Å². The molecule has 4 heteroatoms. The second-order valence-electron chi connectivity index (χ2n) is 5.44. The fourth-order valence-electron chi connectivity index (χ4n) is 2.11. The Labute approximate surface area is 134 Å². The van der Waals surface area contributed by atoms with Gasteiger partial charge in [0.15, 0.2) is 0 Å². The lowest BCUT2D eigenvalue weighted by atomic mass is 10.1. The van der Waals surface area contributed by atoms with E-state index in [-0.39, 0.29) is 12.1 Å². The van der Waals surface area contributed by atoms with Gasteiger partial charge in [0.1, 0.15) is 5.75 Å². The van der Waals surface area contributed by atoms with Crippen LogP contribution in [0.3, 0.4) is 0 Å². The molecule has 1 aromatic carbocycles. The smallest absolute Gasteiger partial charge is 0.119 e. The van der Waals surface area contributed by atoms with E-state index in [1.54, 1.807) is 0 Å². The number of hydrogen-bond donors (Lipinski definition) is 1. The number of hydrogen-bond acceptors (Lipinski definition) is 4. The highest BCUT2D eigenvalue weighted by molar-refractivity contribution is 7.99. The van der Waals surface area contributed by atoms with Gasteiger partial charge in [-0.1, -0.05) is 26.0 Å². The molecule has 0 aliphatic rings. The second-order valence-corrected chi connectivity index (χ2v) is 6.59. The number of nitrogens with two attached hydrogens (primary N) is 1. The van der Waals surface area contributed by atoms with Crippen molar-refractivity contribution < 1.29 is 4.74 Å². The third-order valence-electron chi connectivity index (χ3n) is 3.42. The van der Waals surface area contributed by atoms with Crippen molar-refractivity contribution in [2.45, 2.75) is 39.8 Å². The third kappa shape index (κ3) is 7.21. The van der Waals surface area contributed by atoms with Crippen molar-refractivity contribution in [3.05, 3.63) is 29.8 Å². The molecule has 0 heterocycles. The second kappa shape index (κ2) is 10.1. The Balaban J connectivity index is 2.33. The molecule has 21 heavy (non-hydrogen) atoms. The first-order valence-electron chi connectivity index (χ1n) is 7.89. The van der Waals surface area contributed by atoms with E-state index >= 15 is 0 Å². The molecule has 0 amide bonds. The van der Waals surface area contributed by atoms with Crippen LogP contribution in [0.5, 0.6) is 5.75 Å². The van der Waals surface area contributed by atoms with E-state index in [0.717, 1.165) is 36.9 Å². The quantitative estimate of drug-likeness (QED) is 0.671. The summed E-state index contributed by atoms with van der Waals surface area (Å²) in [6.07, 6.45) is 0.208. The normalized spacial score (nSPS) is 12.9. The van der Waals surface area contributed by atoms with Gasteiger partial charge in [-0.05, 0) is 44.6 Å². The van der Waals surface area contributed by atoms with Gasteiger partial charge in [0.05, 0.1) is 6.10 Å². The van der Waals surface area contributed by atoms with Crippen molar-refractivity contribution in [1.29, 1.82) is 0 Å². The van der Waals surface area contributed by atoms with Crippen LogP contribution in [0.2, 0.25) is 0 Å². The van der Waals surface area contributed by atoms with Crippen LogP contribution in [0.1, 0.15) is 39.3 Å². The van der Waals surface area contributed by atoms with E-state index in [2.05, 4.69) is 30.9 Å². The van der Waals surface area contributed by atoms with Crippen LogP contribution >= 0.6 is 11.8 Å². The van der Waals surface area contributed by atoms with Gasteiger partial charge in [-0.15, -0.1) is 0 Å².